The van der Waals surface area contributed by atoms with Crippen LogP contribution in [0.5, 0.6) is 5.75 Å². The minimum atomic E-state index is -0.522. The second-order valence-electron chi connectivity index (χ2n) is 3.34. The summed E-state index contributed by atoms with van der Waals surface area (Å²) in [6.07, 6.45) is 0.136. The van der Waals surface area contributed by atoms with Crippen LogP contribution in [0.15, 0.2) is 6.07 Å². The van der Waals surface area contributed by atoms with Gasteiger partial charge in [0, 0.05) is 6.42 Å². The molecule has 0 aliphatic rings. The highest BCUT2D eigenvalue weighted by Crippen LogP contribution is 2.33. The van der Waals surface area contributed by atoms with Crippen LogP contribution in [0.4, 0.5) is 4.39 Å². The first-order valence-corrected chi connectivity index (χ1v) is 5.16. The summed E-state index contributed by atoms with van der Waals surface area (Å²) in [4.78, 5) is 11.8. The van der Waals surface area contributed by atoms with E-state index in [1.165, 1.54) is 14.0 Å². The molecule has 0 aliphatic heterocycles. The van der Waals surface area contributed by atoms with Crippen LogP contribution < -0.4 is 10.5 Å². The Bertz CT molecular complexity index is 421. The summed E-state index contributed by atoms with van der Waals surface area (Å²) in [7, 11) is 1.39. The van der Waals surface area contributed by atoms with Crippen molar-refractivity contribution in [1.29, 1.82) is 0 Å². The van der Waals surface area contributed by atoms with Crippen molar-refractivity contribution in [2.75, 3.05) is 13.7 Å². The summed E-state index contributed by atoms with van der Waals surface area (Å²) in [6.45, 7) is 1.72. The number of hydrogen-bond acceptors (Lipinski definition) is 3. The summed E-state index contributed by atoms with van der Waals surface area (Å²) in [5.41, 5.74) is 5.71. The van der Waals surface area contributed by atoms with Gasteiger partial charge in [-0.1, -0.05) is 11.6 Å². The van der Waals surface area contributed by atoms with Gasteiger partial charge in [0.2, 0.25) is 0 Å². The quantitative estimate of drug-likeness (QED) is 0.829. The lowest BCUT2D eigenvalue weighted by atomic mass is 10.0. The van der Waals surface area contributed by atoms with Crippen molar-refractivity contribution in [2.24, 2.45) is 5.73 Å². The van der Waals surface area contributed by atoms with E-state index in [9.17, 15) is 9.18 Å². The molecule has 1 aromatic rings. The molecular formula is C11H13ClFNO2. The number of carbonyl (C=O) groups is 1. The molecule has 0 amide bonds. The van der Waals surface area contributed by atoms with Crippen LogP contribution in [0.2, 0.25) is 5.02 Å². The minimum absolute atomic E-state index is 0.0889. The Morgan fingerprint density at radius 1 is 1.62 bits per heavy atom. The average Bonchev–Trinajstić information content (AvgIpc) is 2.23. The Kier molecular flexibility index (Phi) is 4.26. The first-order valence-electron chi connectivity index (χ1n) is 4.78. The van der Waals surface area contributed by atoms with Gasteiger partial charge in [0.15, 0.2) is 5.78 Å². The highest BCUT2D eigenvalue weighted by molar-refractivity contribution is 6.32. The summed E-state index contributed by atoms with van der Waals surface area (Å²) >= 11 is 5.80. The van der Waals surface area contributed by atoms with Gasteiger partial charge in [-0.25, -0.2) is 4.39 Å². The van der Waals surface area contributed by atoms with Crippen LogP contribution in [-0.2, 0) is 0 Å². The van der Waals surface area contributed by atoms with E-state index in [-0.39, 0.29) is 40.6 Å². The number of ether oxygens (including phenoxy) is 1. The van der Waals surface area contributed by atoms with Crippen LogP contribution >= 0.6 is 11.6 Å². The van der Waals surface area contributed by atoms with E-state index in [2.05, 4.69) is 0 Å². The number of nitrogens with two attached hydrogens (primary N) is 1. The second kappa shape index (κ2) is 5.27. The molecule has 0 spiro atoms. The highest BCUT2D eigenvalue weighted by atomic mass is 35.5. The summed E-state index contributed by atoms with van der Waals surface area (Å²) in [5, 5.41) is 0.0889. The zero-order valence-corrected chi connectivity index (χ0v) is 9.90. The second-order valence-corrected chi connectivity index (χ2v) is 3.74. The summed E-state index contributed by atoms with van der Waals surface area (Å²) in [6, 6.07) is 1.13. The van der Waals surface area contributed by atoms with Gasteiger partial charge in [0.05, 0.1) is 17.7 Å². The first kappa shape index (κ1) is 12.9. The van der Waals surface area contributed by atoms with Gasteiger partial charge in [-0.05, 0) is 25.1 Å². The molecule has 0 aliphatic carbocycles. The molecule has 0 bridgehead atoms. The normalized spacial score (nSPS) is 10.3. The maximum Gasteiger partial charge on any atom is 0.168 e. The van der Waals surface area contributed by atoms with E-state index in [1.54, 1.807) is 0 Å². The lowest BCUT2D eigenvalue weighted by molar-refractivity contribution is 0.0981. The molecule has 1 aromatic carbocycles. The molecule has 16 heavy (non-hydrogen) atoms. The Morgan fingerprint density at radius 3 is 2.75 bits per heavy atom. The number of halogens is 2. The molecule has 0 saturated heterocycles. The van der Waals surface area contributed by atoms with E-state index in [4.69, 9.17) is 22.1 Å². The number of benzene rings is 1. The number of ketones is 1. The average molecular weight is 246 g/mol. The maximum absolute atomic E-state index is 13.4. The largest absolute Gasteiger partial charge is 0.494 e. The van der Waals surface area contributed by atoms with Gasteiger partial charge in [-0.3, -0.25) is 4.79 Å². The monoisotopic (exact) mass is 245 g/mol. The van der Waals surface area contributed by atoms with Gasteiger partial charge in [0.1, 0.15) is 11.6 Å². The third kappa shape index (κ3) is 2.33. The molecule has 2 N–H and O–H groups in total. The molecule has 0 heterocycles. The molecule has 0 fully saturated rings. The topological polar surface area (TPSA) is 52.3 Å². The fourth-order valence-corrected chi connectivity index (χ4v) is 1.75. The molecule has 0 saturated carbocycles. The Labute approximate surface area is 98.3 Å². The molecule has 0 aromatic heterocycles. The molecule has 5 heteroatoms. The number of carbonyl (C=O) groups excluding carboxylic acids is 1. The fraction of sp³-hybridized carbons (Fsp3) is 0.364. The third-order valence-corrected chi connectivity index (χ3v) is 2.57. The molecule has 0 radical (unpaired) electrons. The van der Waals surface area contributed by atoms with Crippen LogP contribution in [0.1, 0.15) is 22.3 Å². The van der Waals surface area contributed by atoms with Crippen molar-refractivity contribution in [2.45, 2.75) is 13.3 Å². The lowest BCUT2D eigenvalue weighted by Gasteiger charge is -2.12. The van der Waals surface area contributed by atoms with Crippen LogP contribution in [0, 0.1) is 12.7 Å². The predicted molar refractivity (Wildman–Crippen MR) is 60.7 cm³/mol. The molecule has 0 atom stereocenters. The van der Waals surface area contributed by atoms with Gasteiger partial charge >= 0.3 is 0 Å². The minimum Gasteiger partial charge on any atom is -0.494 e. The van der Waals surface area contributed by atoms with Crippen molar-refractivity contribution in [3.8, 4) is 5.75 Å². The van der Waals surface area contributed by atoms with Crippen molar-refractivity contribution < 1.29 is 13.9 Å². The van der Waals surface area contributed by atoms with Gasteiger partial charge < -0.3 is 10.5 Å². The lowest BCUT2D eigenvalue weighted by Crippen LogP contribution is -2.12. The summed E-state index contributed by atoms with van der Waals surface area (Å²) < 4.78 is 18.5. The smallest absolute Gasteiger partial charge is 0.168 e. The van der Waals surface area contributed by atoms with Crippen molar-refractivity contribution in [3.05, 3.63) is 28.0 Å². The number of Topliss-reactive ketones (excluding diaryl/α,β-unsaturated/α-hetero) is 1. The predicted octanol–water partition coefficient (Wildman–Crippen LogP) is 2.33. The zero-order valence-electron chi connectivity index (χ0n) is 9.14. The molecule has 1 rings (SSSR count). The van der Waals surface area contributed by atoms with E-state index >= 15 is 0 Å². The highest BCUT2D eigenvalue weighted by Gasteiger charge is 2.20. The molecule has 3 nitrogen and oxygen atoms in total. The van der Waals surface area contributed by atoms with Crippen molar-refractivity contribution in [3.63, 3.8) is 0 Å². The van der Waals surface area contributed by atoms with E-state index in [1.807, 2.05) is 0 Å². The van der Waals surface area contributed by atoms with E-state index in [0.717, 1.165) is 6.07 Å². The Balaban J connectivity index is 3.38. The molecule has 0 unspecified atom stereocenters. The Hall–Kier alpha value is -1.13. The Morgan fingerprint density at radius 2 is 2.25 bits per heavy atom. The fourth-order valence-electron chi connectivity index (χ4n) is 1.49. The van der Waals surface area contributed by atoms with E-state index in [0.29, 0.717) is 0 Å². The SMILES string of the molecule is COc1c(Cl)cc(F)c(C)c1C(=O)CCN. The van der Waals surface area contributed by atoms with Gasteiger partial charge in [-0.2, -0.15) is 0 Å². The standard InChI is InChI=1S/C11H13ClFNO2/c1-6-8(13)5-7(12)11(16-2)10(6)9(15)3-4-14/h5H,3-4,14H2,1-2H3. The zero-order chi connectivity index (χ0) is 12.3. The van der Waals surface area contributed by atoms with Crippen molar-refractivity contribution >= 4 is 17.4 Å². The maximum atomic E-state index is 13.4. The number of methoxy groups -OCH3 is 1. The first-order chi connectivity index (χ1) is 7.52. The van der Waals surface area contributed by atoms with Crippen molar-refractivity contribution in [1.82, 2.24) is 0 Å². The van der Waals surface area contributed by atoms with Crippen LogP contribution in [0.25, 0.3) is 0 Å². The molecule has 88 valence electrons. The summed E-state index contributed by atoms with van der Waals surface area (Å²) in [5.74, 6) is -0.580. The number of rotatable bonds is 4. The van der Waals surface area contributed by atoms with Crippen LogP contribution in [0.3, 0.4) is 0 Å². The van der Waals surface area contributed by atoms with Gasteiger partial charge in [0.25, 0.3) is 0 Å². The van der Waals surface area contributed by atoms with Gasteiger partial charge in [-0.15, -0.1) is 0 Å². The third-order valence-electron chi connectivity index (χ3n) is 2.29. The number of hydrogen-bond donors (Lipinski definition) is 1. The van der Waals surface area contributed by atoms with Crippen LogP contribution in [-0.4, -0.2) is 19.4 Å². The molecular weight excluding hydrogens is 233 g/mol. The van der Waals surface area contributed by atoms with E-state index < -0.39 is 5.82 Å².